The Morgan fingerprint density at radius 3 is 2.61 bits per heavy atom. The van der Waals surface area contributed by atoms with E-state index in [-0.39, 0.29) is 0 Å². The summed E-state index contributed by atoms with van der Waals surface area (Å²) >= 11 is 0. The highest BCUT2D eigenvalue weighted by atomic mass is 16.5. The second-order valence-corrected chi connectivity index (χ2v) is 4.80. The van der Waals surface area contributed by atoms with Crippen molar-refractivity contribution in [3.05, 3.63) is 35.9 Å². The zero-order valence-electron chi connectivity index (χ0n) is 11.1. The number of hydrogen-bond acceptors (Lipinski definition) is 4. The molecule has 0 aliphatic carbocycles. The van der Waals surface area contributed by atoms with Crippen LogP contribution in [-0.2, 0) is 4.74 Å². The minimum atomic E-state index is -0.813. The van der Waals surface area contributed by atoms with Crippen LogP contribution in [-0.4, -0.2) is 42.6 Å². The van der Waals surface area contributed by atoms with Gasteiger partial charge in [0.25, 0.3) is 0 Å². The van der Waals surface area contributed by atoms with E-state index in [1.165, 1.54) is 0 Å². The van der Waals surface area contributed by atoms with Gasteiger partial charge in [0.15, 0.2) is 0 Å². The standard InChI is InChI=1S/C14H23NO3/c1-14(17,8-9-18-2)11-15-10-13(16)12-6-4-3-5-7-12/h3-7,13,15-17H,8-11H2,1-2H3. The Balaban J connectivity index is 2.29. The molecule has 0 aromatic heterocycles. The van der Waals surface area contributed by atoms with Crippen LogP contribution >= 0.6 is 0 Å². The van der Waals surface area contributed by atoms with Crippen molar-refractivity contribution in [1.82, 2.24) is 5.32 Å². The highest BCUT2D eigenvalue weighted by Gasteiger charge is 2.19. The molecule has 0 fully saturated rings. The smallest absolute Gasteiger partial charge is 0.0914 e. The summed E-state index contributed by atoms with van der Waals surface area (Å²) in [5, 5.41) is 23.0. The predicted octanol–water partition coefficient (Wildman–Crippen LogP) is 1.10. The first-order chi connectivity index (χ1) is 8.55. The van der Waals surface area contributed by atoms with Crippen LogP contribution < -0.4 is 5.32 Å². The molecule has 2 unspecified atom stereocenters. The summed E-state index contributed by atoms with van der Waals surface area (Å²) in [5.41, 5.74) is 0.0633. The van der Waals surface area contributed by atoms with E-state index in [1.807, 2.05) is 30.3 Å². The van der Waals surface area contributed by atoms with Crippen LogP contribution in [0.15, 0.2) is 30.3 Å². The van der Waals surface area contributed by atoms with Gasteiger partial charge in [-0.3, -0.25) is 0 Å². The van der Waals surface area contributed by atoms with Gasteiger partial charge >= 0.3 is 0 Å². The van der Waals surface area contributed by atoms with Crippen LogP contribution in [0.25, 0.3) is 0 Å². The maximum Gasteiger partial charge on any atom is 0.0914 e. The van der Waals surface area contributed by atoms with Crippen molar-refractivity contribution < 1.29 is 14.9 Å². The first-order valence-electron chi connectivity index (χ1n) is 6.20. The van der Waals surface area contributed by atoms with Crippen LogP contribution in [0.3, 0.4) is 0 Å². The zero-order valence-corrected chi connectivity index (χ0v) is 11.1. The molecular formula is C14H23NO3. The average Bonchev–Trinajstić information content (AvgIpc) is 2.37. The van der Waals surface area contributed by atoms with Crippen molar-refractivity contribution in [2.75, 3.05) is 26.8 Å². The van der Waals surface area contributed by atoms with Gasteiger partial charge in [-0.05, 0) is 12.5 Å². The summed E-state index contributed by atoms with van der Waals surface area (Å²) in [5.74, 6) is 0. The molecule has 3 N–H and O–H groups in total. The van der Waals surface area contributed by atoms with Gasteiger partial charge < -0.3 is 20.3 Å². The number of ether oxygens (including phenoxy) is 1. The largest absolute Gasteiger partial charge is 0.389 e. The lowest BCUT2D eigenvalue weighted by Crippen LogP contribution is -2.40. The molecule has 1 aromatic rings. The van der Waals surface area contributed by atoms with E-state index < -0.39 is 11.7 Å². The molecule has 102 valence electrons. The van der Waals surface area contributed by atoms with Crippen molar-refractivity contribution in [1.29, 1.82) is 0 Å². The maximum atomic E-state index is 10.0. The minimum absolute atomic E-state index is 0.424. The molecule has 0 amide bonds. The molecule has 0 aliphatic rings. The third kappa shape index (κ3) is 5.60. The topological polar surface area (TPSA) is 61.7 Å². The fourth-order valence-corrected chi connectivity index (χ4v) is 1.68. The Kier molecular flexibility index (Phi) is 6.29. The fraction of sp³-hybridized carbons (Fsp3) is 0.571. The Morgan fingerprint density at radius 1 is 1.33 bits per heavy atom. The van der Waals surface area contributed by atoms with Gasteiger partial charge in [-0.1, -0.05) is 30.3 Å². The fourth-order valence-electron chi connectivity index (χ4n) is 1.68. The number of hydrogen-bond donors (Lipinski definition) is 3. The molecule has 0 spiro atoms. The van der Waals surface area contributed by atoms with Crippen LogP contribution in [0.4, 0.5) is 0 Å². The lowest BCUT2D eigenvalue weighted by Gasteiger charge is -2.24. The normalized spacial score (nSPS) is 16.2. The number of methoxy groups -OCH3 is 1. The van der Waals surface area contributed by atoms with Crippen molar-refractivity contribution in [3.63, 3.8) is 0 Å². The number of rotatable bonds is 8. The molecule has 0 saturated heterocycles. The molecule has 1 aromatic carbocycles. The quantitative estimate of drug-likeness (QED) is 0.649. The molecule has 2 atom stereocenters. The van der Waals surface area contributed by atoms with Crippen molar-refractivity contribution in [2.45, 2.75) is 25.0 Å². The van der Waals surface area contributed by atoms with E-state index in [0.717, 1.165) is 5.56 Å². The highest BCUT2D eigenvalue weighted by molar-refractivity contribution is 5.17. The molecule has 0 aliphatic heterocycles. The summed E-state index contributed by atoms with van der Waals surface area (Å²) in [4.78, 5) is 0. The Hall–Kier alpha value is -0.940. The van der Waals surface area contributed by atoms with E-state index in [0.29, 0.717) is 26.1 Å². The number of aliphatic hydroxyl groups excluding tert-OH is 1. The molecule has 0 bridgehead atoms. The Bertz CT molecular complexity index is 327. The Morgan fingerprint density at radius 2 is 2.00 bits per heavy atom. The lowest BCUT2D eigenvalue weighted by atomic mass is 10.0. The first-order valence-corrected chi connectivity index (χ1v) is 6.20. The summed E-state index contributed by atoms with van der Waals surface area (Å²) in [6.45, 7) is 3.14. The van der Waals surface area contributed by atoms with E-state index in [4.69, 9.17) is 4.74 Å². The molecule has 4 nitrogen and oxygen atoms in total. The minimum Gasteiger partial charge on any atom is -0.389 e. The molecule has 0 saturated carbocycles. The van der Waals surface area contributed by atoms with Crippen LogP contribution in [0.1, 0.15) is 25.0 Å². The van der Waals surface area contributed by atoms with Crippen LogP contribution in [0.2, 0.25) is 0 Å². The van der Waals surface area contributed by atoms with Gasteiger partial charge in [0.05, 0.1) is 11.7 Å². The van der Waals surface area contributed by atoms with Gasteiger partial charge in [-0.15, -0.1) is 0 Å². The van der Waals surface area contributed by atoms with Crippen LogP contribution in [0, 0.1) is 0 Å². The second kappa shape index (κ2) is 7.48. The average molecular weight is 253 g/mol. The predicted molar refractivity (Wildman–Crippen MR) is 71.4 cm³/mol. The monoisotopic (exact) mass is 253 g/mol. The zero-order chi connectivity index (χ0) is 13.4. The molecule has 18 heavy (non-hydrogen) atoms. The molecule has 0 heterocycles. The van der Waals surface area contributed by atoms with Gasteiger partial charge in [-0.25, -0.2) is 0 Å². The van der Waals surface area contributed by atoms with Gasteiger partial charge in [0.2, 0.25) is 0 Å². The van der Waals surface area contributed by atoms with Crippen molar-refractivity contribution in [3.8, 4) is 0 Å². The van der Waals surface area contributed by atoms with Crippen molar-refractivity contribution in [2.24, 2.45) is 0 Å². The molecule has 1 rings (SSSR count). The third-order valence-corrected chi connectivity index (χ3v) is 2.87. The lowest BCUT2D eigenvalue weighted by molar-refractivity contribution is 0.0225. The summed E-state index contributed by atoms with van der Waals surface area (Å²) in [7, 11) is 1.61. The molecular weight excluding hydrogens is 230 g/mol. The highest BCUT2D eigenvalue weighted by Crippen LogP contribution is 2.12. The number of aliphatic hydroxyl groups is 2. The van der Waals surface area contributed by atoms with Gasteiger partial charge in [-0.2, -0.15) is 0 Å². The van der Waals surface area contributed by atoms with E-state index in [9.17, 15) is 10.2 Å². The SMILES string of the molecule is COCCC(C)(O)CNCC(O)c1ccccc1. The Labute approximate surface area is 109 Å². The molecule has 4 heteroatoms. The maximum absolute atomic E-state index is 10.0. The number of benzene rings is 1. The molecule has 0 radical (unpaired) electrons. The summed E-state index contributed by atoms with van der Waals surface area (Å²) in [6, 6.07) is 9.48. The number of nitrogens with one attached hydrogen (secondary N) is 1. The van der Waals surface area contributed by atoms with E-state index in [2.05, 4.69) is 5.32 Å². The first kappa shape index (κ1) is 15.1. The van der Waals surface area contributed by atoms with Gasteiger partial charge in [0.1, 0.15) is 0 Å². The third-order valence-electron chi connectivity index (χ3n) is 2.87. The summed E-state index contributed by atoms with van der Waals surface area (Å²) < 4.78 is 4.94. The second-order valence-electron chi connectivity index (χ2n) is 4.80. The summed E-state index contributed by atoms with van der Waals surface area (Å²) in [6.07, 6.45) is 0.0159. The van der Waals surface area contributed by atoms with E-state index >= 15 is 0 Å². The van der Waals surface area contributed by atoms with Gasteiger partial charge in [0, 0.05) is 33.2 Å². The van der Waals surface area contributed by atoms with Crippen LogP contribution in [0.5, 0.6) is 0 Å². The van der Waals surface area contributed by atoms with E-state index in [1.54, 1.807) is 14.0 Å². The van der Waals surface area contributed by atoms with Crippen molar-refractivity contribution >= 4 is 0 Å².